The fraction of sp³-hybridized carbons (Fsp3) is 0. The van der Waals surface area contributed by atoms with Crippen LogP contribution in [0.2, 0.25) is 0 Å². The minimum absolute atomic E-state index is 0.185. The maximum absolute atomic E-state index is 10.3. The molecule has 12 heavy (non-hydrogen) atoms. The van der Waals surface area contributed by atoms with Crippen LogP contribution in [0.1, 0.15) is 0 Å². The van der Waals surface area contributed by atoms with Gasteiger partial charge < -0.3 is 4.55 Å². The molecule has 0 atom stereocenters. The van der Waals surface area contributed by atoms with Gasteiger partial charge in [0, 0.05) is 0 Å². The molecule has 0 aliphatic rings. The van der Waals surface area contributed by atoms with E-state index >= 15 is 0 Å². The molecule has 6 heteroatoms. The van der Waals surface area contributed by atoms with Gasteiger partial charge in [0.25, 0.3) is 0 Å². The van der Waals surface area contributed by atoms with Crippen LogP contribution in [-0.4, -0.2) is 13.0 Å². The van der Waals surface area contributed by atoms with Gasteiger partial charge in [0.2, 0.25) is 0 Å². The van der Waals surface area contributed by atoms with E-state index in [-0.39, 0.29) is 4.90 Å². The Morgan fingerprint density at radius 1 is 1.08 bits per heavy atom. The molecule has 0 N–H and O–H groups in total. The van der Waals surface area contributed by atoms with Crippen LogP contribution in [0.25, 0.3) is 0 Å². The van der Waals surface area contributed by atoms with Crippen molar-refractivity contribution in [3.63, 3.8) is 0 Å². The molecule has 1 aromatic carbocycles. The van der Waals surface area contributed by atoms with E-state index in [1.165, 1.54) is 24.3 Å². The third kappa shape index (κ3) is 3.73. The van der Waals surface area contributed by atoms with E-state index in [4.69, 9.17) is 3.83 Å². The van der Waals surface area contributed by atoms with Crippen LogP contribution in [0.5, 0.6) is 0 Å². The SMILES string of the molecule is O=S(=O)([O-])c1ccccc1.[O]=[Fe+]. The van der Waals surface area contributed by atoms with E-state index in [1.807, 2.05) is 15.9 Å². The Kier molecular flexibility index (Phi) is 4.92. The molecule has 0 saturated heterocycles. The molecule has 0 aliphatic carbocycles. The van der Waals surface area contributed by atoms with Gasteiger partial charge in [0.05, 0.1) is 4.90 Å². The van der Waals surface area contributed by atoms with E-state index in [0.29, 0.717) is 0 Å². The summed E-state index contributed by atoms with van der Waals surface area (Å²) in [7, 11) is -4.25. The predicted octanol–water partition coefficient (Wildman–Crippen LogP) is 0.469. The summed E-state index contributed by atoms with van der Waals surface area (Å²) in [4.78, 5) is -0.185. The molecular weight excluding hydrogens is 224 g/mol. The molecule has 4 nitrogen and oxygen atoms in total. The zero-order valence-electron chi connectivity index (χ0n) is 5.78. The standard InChI is InChI=1S/C6H6O3S.Fe.O/c7-10(8,9)6-4-2-1-3-5-6;;/h1-5H,(H,7,8,9);;/q;+1;/p-1. The average Bonchev–Trinajstić information content (AvgIpc) is 2.08. The Morgan fingerprint density at radius 2 is 1.50 bits per heavy atom. The Hall–Kier alpha value is -0.551. The molecule has 0 aromatic heterocycles. The molecule has 0 spiro atoms. The van der Waals surface area contributed by atoms with Gasteiger partial charge >= 0.3 is 19.8 Å². The van der Waals surface area contributed by atoms with Crippen LogP contribution < -0.4 is 0 Å². The van der Waals surface area contributed by atoms with Crippen LogP contribution in [0.3, 0.4) is 0 Å². The first-order valence-corrected chi connectivity index (χ1v) is 4.62. The van der Waals surface area contributed by atoms with Crippen molar-refractivity contribution in [3.8, 4) is 0 Å². The number of rotatable bonds is 1. The van der Waals surface area contributed by atoms with Gasteiger partial charge in [0.1, 0.15) is 10.1 Å². The average molecular weight is 229 g/mol. The summed E-state index contributed by atoms with van der Waals surface area (Å²) >= 11 is 2.00. The van der Waals surface area contributed by atoms with Gasteiger partial charge in [-0.1, -0.05) is 18.2 Å². The van der Waals surface area contributed by atoms with Gasteiger partial charge in [-0.15, -0.1) is 0 Å². The van der Waals surface area contributed by atoms with Gasteiger partial charge in [-0.2, -0.15) is 0 Å². The molecule has 0 amide bonds. The van der Waals surface area contributed by atoms with Crippen LogP contribution in [0.15, 0.2) is 35.2 Å². The van der Waals surface area contributed by atoms with Crippen LogP contribution >= 0.6 is 0 Å². The van der Waals surface area contributed by atoms with Crippen molar-refractivity contribution < 1.29 is 32.7 Å². The predicted molar refractivity (Wildman–Crippen MR) is 35.1 cm³/mol. The number of hydrogen-bond donors (Lipinski definition) is 0. The molecule has 0 saturated carbocycles. The minimum atomic E-state index is -4.25. The van der Waals surface area contributed by atoms with E-state index in [0.717, 1.165) is 0 Å². The van der Waals surface area contributed by atoms with Crippen molar-refractivity contribution in [2.24, 2.45) is 0 Å². The fourth-order valence-electron chi connectivity index (χ4n) is 0.587. The summed E-state index contributed by atoms with van der Waals surface area (Å²) in [6.45, 7) is 0. The monoisotopic (exact) mass is 229 g/mol. The zero-order chi connectivity index (χ0) is 9.61. The Labute approximate surface area is 78.4 Å². The third-order valence-electron chi connectivity index (χ3n) is 1.03. The number of hydrogen-bond acceptors (Lipinski definition) is 4. The topological polar surface area (TPSA) is 74.3 Å². The normalized spacial score (nSPS) is 9.75. The van der Waals surface area contributed by atoms with Gasteiger partial charge in [-0.25, -0.2) is 8.42 Å². The summed E-state index contributed by atoms with van der Waals surface area (Å²) in [5.41, 5.74) is 0. The van der Waals surface area contributed by atoms with Crippen molar-refractivity contribution in [2.75, 3.05) is 0 Å². The first kappa shape index (κ1) is 11.4. The zero-order valence-corrected chi connectivity index (χ0v) is 7.70. The molecule has 0 heterocycles. The van der Waals surface area contributed by atoms with E-state index in [2.05, 4.69) is 0 Å². The Morgan fingerprint density at radius 3 is 1.75 bits per heavy atom. The van der Waals surface area contributed by atoms with Crippen molar-refractivity contribution >= 4 is 10.1 Å². The second-order valence-corrected chi connectivity index (χ2v) is 3.15. The van der Waals surface area contributed by atoms with Gasteiger partial charge in [0.15, 0.2) is 0 Å². The summed E-state index contributed by atoms with van der Waals surface area (Å²) in [6.07, 6.45) is 0. The first-order chi connectivity index (χ1) is 5.61. The molecular formula is C6H5FeO4S. The Balaban J connectivity index is 0.000000561. The van der Waals surface area contributed by atoms with Gasteiger partial charge in [-0.3, -0.25) is 0 Å². The molecule has 0 unspecified atom stereocenters. The molecule has 0 fully saturated rings. The quantitative estimate of drug-likeness (QED) is 0.518. The van der Waals surface area contributed by atoms with Crippen molar-refractivity contribution in [1.29, 1.82) is 0 Å². The number of benzene rings is 1. The molecule has 0 radical (unpaired) electrons. The van der Waals surface area contributed by atoms with E-state index in [9.17, 15) is 13.0 Å². The summed E-state index contributed by atoms with van der Waals surface area (Å²) < 4.78 is 38.8. The van der Waals surface area contributed by atoms with Crippen LogP contribution in [0, 0.1) is 0 Å². The van der Waals surface area contributed by atoms with Crippen molar-refractivity contribution in [2.45, 2.75) is 4.90 Å². The second-order valence-electron chi connectivity index (χ2n) is 1.77. The van der Waals surface area contributed by atoms with Crippen molar-refractivity contribution in [3.05, 3.63) is 30.3 Å². The third-order valence-corrected chi connectivity index (χ3v) is 1.88. The summed E-state index contributed by atoms with van der Waals surface area (Å²) in [6, 6.07) is 7.19. The Bertz CT molecular complexity index is 321. The van der Waals surface area contributed by atoms with Crippen molar-refractivity contribution in [1.82, 2.24) is 0 Å². The summed E-state index contributed by atoms with van der Waals surface area (Å²) in [5.74, 6) is 0. The second kappa shape index (κ2) is 5.16. The first-order valence-electron chi connectivity index (χ1n) is 2.76. The molecule has 0 bridgehead atoms. The molecule has 0 aliphatic heterocycles. The fourth-order valence-corrected chi connectivity index (χ4v) is 1.08. The molecule has 1 rings (SSSR count). The van der Waals surface area contributed by atoms with E-state index in [1.54, 1.807) is 6.07 Å². The van der Waals surface area contributed by atoms with Crippen LogP contribution in [-0.2, 0) is 29.9 Å². The molecule has 1 aromatic rings. The van der Waals surface area contributed by atoms with Crippen LogP contribution in [0.4, 0.5) is 0 Å². The molecule has 67 valence electrons. The van der Waals surface area contributed by atoms with Gasteiger partial charge in [-0.05, 0) is 12.1 Å². The van der Waals surface area contributed by atoms with E-state index < -0.39 is 10.1 Å². The summed E-state index contributed by atoms with van der Waals surface area (Å²) in [5, 5.41) is 0. The maximum atomic E-state index is 10.3.